The van der Waals surface area contributed by atoms with Crippen LogP contribution in [-0.4, -0.2) is 26.6 Å². The van der Waals surface area contributed by atoms with Gasteiger partial charge in [-0.3, -0.25) is 4.79 Å². The molecule has 1 atom stereocenters. The summed E-state index contributed by atoms with van der Waals surface area (Å²) < 4.78 is 25.3. The van der Waals surface area contributed by atoms with Crippen LogP contribution in [0.25, 0.3) is 0 Å². The average molecular weight is 317 g/mol. The number of benzene rings is 1. The van der Waals surface area contributed by atoms with E-state index < -0.39 is 16.1 Å². The fourth-order valence-corrected chi connectivity index (χ4v) is 2.74. The lowest BCUT2D eigenvalue weighted by atomic mass is 10.0. The number of nitrogens with one attached hydrogen (secondary N) is 2. The maximum Gasteiger partial charge on any atom is 0.222 e. The number of hydrogen-bond donors (Lipinski definition) is 2. The molecule has 0 aromatic heterocycles. The van der Waals surface area contributed by atoms with Crippen molar-refractivity contribution in [2.75, 3.05) is 6.26 Å². The molecule has 0 bridgehead atoms. The summed E-state index contributed by atoms with van der Waals surface area (Å²) in [6.07, 6.45) is 3.15. The predicted octanol–water partition coefficient (Wildman–Crippen LogP) is 1.60. The topological polar surface area (TPSA) is 75.3 Å². The maximum atomic E-state index is 11.9. The highest BCUT2D eigenvalue weighted by Gasteiger charge is 2.26. The molecule has 20 heavy (non-hydrogen) atoms. The molecule has 1 aliphatic carbocycles. The fraction of sp³-hybridized carbons (Fsp3) is 0.462. The lowest BCUT2D eigenvalue weighted by Gasteiger charge is -2.17. The smallest absolute Gasteiger partial charge is 0.222 e. The third kappa shape index (κ3) is 5.11. The summed E-state index contributed by atoms with van der Waals surface area (Å²) in [7, 11) is -3.40. The highest BCUT2D eigenvalue weighted by molar-refractivity contribution is 7.88. The van der Waals surface area contributed by atoms with Crippen LogP contribution in [0.4, 0.5) is 0 Å². The van der Waals surface area contributed by atoms with E-state index in [0.29, 0.717) is 10.6 Å². The largest absolute Gasteiger partial charge is 0.353 e. The molecule has 0 saturated heterocycles. The Morgan fingerprint density at radius 1 is 1.35 bits per heavy atom. The molecule has 0 heterocycles. The first-order valence-electron chi connectivity index (χ1n) is 6.35. The lowest BCUT2D eigenvalue weighted by Crippen LogP contribution is -2.34. The third-order valence-electron chi connectivity index (χ3n) is 2.96. The number of amides is 1. The molecular weight excluding hydrogens is 300 g/mol. The van der Waals surface area contributed by atoms with Crippen LogP contribution in [0.2, 0.25) is 5.02 Å². The van der Waals surface area contributed by atoms with Gasteiger partial charge in [0.25, 0.3) is 0 Å². The minimum atomic E-state index is -3.40. The van der Waals surface area contributed by atoms with Crippen LogP contribution in [0.1, 0.15) is 30.9 Å². The van der Waals surface area contributed by atoms with E-state index in [-0.39, 0.29) is 18.4 Å². The van der Waals surface area contributed by atoms with Gasteiger partial charge in [0.2, 0.25) is 15.9 Å². The molecule has 7 heteroatoms. The number of sulfonamides is 1. The van der Waals surface area contributed by atoms with Gasteiger partial charge in [0.15, 0.2) is 0 Å². The van der Waals surface area contributed by atoms with Crippen molar-refractivity contribution in [3.05, 3.63) is 34.9 Å². The van der Waals surface area contributed by atoms with Gasteiger partial charge in [-0.1, -0.05) is 23.7 Å². The van der Waals surface area contributed by atoms with E-state index in [1.807, 2.05) is 0 Å². The van der Waals surface area contributed by atoms with Crippen LogP contribution >= 0.6 is 11.6 Å². The molecule has 5 nitrogen and oxygen atoms in total. The van der Waals surface area contributed by atoms with E-state index in [0.717, 1.165) is 19.1 Å². The Morgan fingerprint density at radius 2 is 1.95 bits per heavy atom. The summed E-state index contributed by atoms with van der Waals surface area (Å²) in [6.45, 7) is 0. The fourth-order valence-electron chi connectivity index (χ4n) is 1.88. The first kappa shape index (κ1) is 15.3. The summed E-state index contributed by atoms with van der Waals surface area (Å²) >= 11 is 5.81. The SMILES string of the molecule is CS(=O)(=O)NC(CC(=O)NC1CC1)c1ccc(Cl)cc1. The van der Waals surface area contributed by atoms with Crippen molar-refractivity contribution in [2.45, 2.75) is 31.3 Å². The molecule has 2 rings (SSSR count). The number of carbonyl (C=O) groups excluding carboxylic acids is 1. The second-order valence-corrected chi connectivity index (χ2v) is 7.26. The number of hydrogen-bond acceptors (Lipinski definition) is 3. The second kappa shape index (κ2) is 6.11. The Bertz CT molecular complexity index is 582. The molecule has 1 aromatic carbocycles. The van der Waals surface area contributed by atoms with Crippen LogP contribution < -0.4 is 10.0 Å². The molecule has 1 aromatic rings. The summed E-state index contributed by atoms with van der Waals surface area (Å²) in [4.78, 5) is 11.9. The summed E-state index contributed by atoms with van der Waals surface area (Å²) in [5, 5.41) is 3.42. The van der Waals surface area contributed by atoms with Crippen molar-refractivity contribution in [3.63, 3.8) is 0 Å². The molecule has 0 aliphatic heterocycles. The van der Waals surface area contributed by atoms with Gasteiger partial charge in [-0.25, -0.2) is 13.1 Å². The van der Waals surface area contributed by atoms with Crippen molar-refractivity contribution in [2.24, 2.45) is 0 Å². The Morgan fingerprint density at radius 3 is 2.45 bits per heavy atom. The van der Waals surface area contributed by atoms with Crippen molar-refractivity contribution in [1.29, 1.82) is 0 Å². The summed E-state index contributed by atoms with van der Waals surface area (Å²) in [6, 6.07) is 6.46. The molecule has 1 saturated carbocycles. The Hall–Kier alpha value is -1.11. The lowest BCUT2D eigenvalue weighted by molar-refractivity contribution is -0.121. The Labute approximate surface area is 123 Å². The van der Waals surface area contributed by atoms with Gasteiger partial charge >= 0.3 is 0 Å². The van der Waals surface area contributed by atoms with Gasteiger partial charge in [0.05, 0.1) is 12.3 Å². The molecule has 1 unspecified atom stereocenters. The monoisotopic (exact) mass is 316 g/mol. The van der Waals surface area contributed by atoms with Gasteiger partial charge in [-0.05, 0) is 30.5 Å². The van der Waals surface area contributed by atoms with E-state index in [9.17, 15) is 13.2 Å². The van der Waals surface area contributed by atoms with Gasteiger partial charge in [-0.15, -0.1) is 0 Å². The molecular formula is C13H17ClN2O3S. The predicted molar refractivity (Wildman–Crippen MR) is 78.0 cm³/mol. The minimum absolute atomic E-state index is 0.0746. The molecule has 0 spiro atoms. The zero-order valence-corrected chi connectivity index (χ0v) is 12.7. The molecule has 1 amide bonds. The van der Waals surface area contributed by atoms with E-state index in [2.05, 4.69) is 10.0 Å². The van der Waals surface area contributed by atoms with E-state index in [1.54, 1.807) is 24.3 Å². The Kier molecular flexibility index (Phi) is 4.67. The average Bonchev–Trinajstić information content (AvgIpc) is 3.11. The third-order valence-corrected chi connectivity index (χ3v) is 3.93. The van der Waals surface area contributed by atoms with Gasteiger partial charge in [0, 0.05) is 17.5 Å². The zero-order valence-electron chi connectivity index (χ0n) is 11.1. The van der Waals surface area contributed by atoms with Gasteiger partial charge < -0.3 is 5.32 Å². The highest BCUT2D eigenvalue weighted by atomic mass is 35.5. The zero-order chi connectivity index (χ0) is 14.8. The highest BCUT2D eigenvalue weighted by Crippen LogP contribution is 2.22. The number of carbonyl (C=O) groups is 1. The summed E-state index contributed by atoms with van der Waals surface area (Å²) in [5.74, 6) is -0.149. The first-order valence-corrected chi connectivity index (χ1v) is 8.62. The van der Waals surface area contributed by atoms with Crippen molar-refractivity contribution < 1.29 is 13.2 Å². The first-order chi connectivity index (χ1) is 9.33. The number of halogens is 1. The van der Waals surface area contributed by atoms with Crippen LogP contribution in [0.15, 0.2) is 24.3 Å². The van der Waals surface area contributed by atoms with Crippen LogP contribution in [-0.2, 0) is 14.8 Å². The maximum absolute atomic E-state index is 11.9. The molecule has 0 radical (unpaired) electrons. The van der Waals surface area contributed by atoms with Crippen molar-refractivity contribution in [1.82, 2.24) is 10.0 Å². The minimum Gasteiger partial charge on any atom is -0.353 e. The van der Waals surface area contributed by atoms with E-state index in [1.165, 1.54) is 0 Å². The quantitative estimate of drug-likeness (QED) is 0.837. The Balaban J connectivity index is 2.10. The summed E-state index contributed by atoms with van der Waals surface area (Å²) in [5.41, 5.74) is 0.714. The standard InChI is InChI=1S/C13H17ClN2O3S/c1-20(18,19)16-12(8-13(17)15-11-6-7-11)9-2-4-10(14)5-3-9/h2-5,11-12,16H,6-8H2,1H3,(H,15,17). The van der Waals surface area contributed by atoms with Crippen LogP contribution in [0.5, 0.6) is 0 Å². The number of rotatable bonds is 6. The van der Waals surface area contributed by atoms with E-state index >= 15 is 0 Å². The van der Waals surface area contributed by atoms with Gasteiger partial charge in [-0.2, -0.15) is 0 Å². The molecule has 1 fully saturated rings. The van der Waals surface area contributed by atoms with Crippen molar-refractivity contribution in [3.8, 4) is 0 Å². The van der Waals surface area contributed by atoms with Crippen LogP contribution in [0.3, 0.4) is 0 Å². The molecule has 110 valence electrons. The molecule has 2 N–H and O–H groups in total. The van der Waals surface area contributed by atoms with E-state index in [4.69, 9.17) is 11.6 Å². The van der Waals surface area contributed by atoms with Gasteiger partial charge in [0.1, 0.15) is 0 Å². The second-order valence-electron chi connectivity index (χ2n) is 5.04. The molecule has 1 aliphatic rings. The normalized spacial score (nSPS) is 16.7. The van der Waals surface area contributed by atoms with Crippen LogP contribution in [0, 0.1) is 0 Å². The van der Waals surface area contributed by atoms with Crippen molar-refractivity contribution >= 4 is 27.5 Å².